The average molecular weight is 233 g/mol. The van der Waals surface area contributed by atoms with Crippen molar-refractivity contribution in [2.75, 3.05) is 27.4 Å². The third kappa shape index (κ3) is 8.64. The smallest absolute Gasteiger partial charge is 0.220 e. The number of carbonyl (C=O) groups excluding carboxylic acids is 1. The number of amides is 1. The van der Waals surface area contributed by atoms with Gasteiger partial charge in [0.25, 0.3) is 0 Å². The molecule has 0 saturated carbocycles. The number of nitrogens with one attached hydrogen (secondary N) is 1. The summed E-state index contributed by atoms with van der Waals surface area (Å²) in [7, 11) is 3.16. The molecule has 0 aliphatic carbocycles. The van der Waals surface area contributed by atoms with Crippen molar-refractivity contribution in [2.24, 2.45) is 0 Å². The second kappa shape index (κ2) is 9.57. The molecule has 2 N–H and O–H groups in total. The number of ether oxygens (including phenoxy) is 2. The maximum atomic E-state index is 11.3. The molecule has 0 radical (unpaired) electrons. The van der Waals surface area contributed by atoms with Crippen molar-refractivity contribution in [3.8, 4) is 0 Å². The van der Waals surface area contributed by atoms with Gasteiger partial charge in [-0.3, -0.25) is 4.79 Å². The van der Waals surface area contributed by atoms with E-state index in [0.717, 1.165) is 0 Å². The molecule has 0 bridgehead atoms. The first kappa shape index (κ1) is 15.3. The van der Waals surface area contributed by atoms with Crippen molar-refractivity contribution < 1.29 is 19.4 Å². The van der Waals surface area contributed by atoms with E-state index in [-0.39, 0.29) is 12.0 Å². The summed E-state index contributed by atoms with van der Waals surface area (Å²) in [4.78, 5) is 11.3. The van der Waals surface area contributed by atoms with E-state index in [2.05, 4.69) is 5.32 Å². The van der Waals surface area contributed by atoms with Gasteiger partial charge in [-0.1, -0.05) is 0 Å². The fraction of sp³-hybridized carbons (Fsp3) is 0.909. The third-order valence-corrected chi connectivity index (χ3v) is 2.34. The molecule has 0 rings (SSSR count). The lowest BCUT2D eigenvalue weighted by molar-refractivity contribution is -0.121. The third-order valence-electron chi connectivity index (χ3n) is 2.34. The highest BCUT2D eigenvalue weighted by atomic mass is 16.5. The summed E-state index contributed by atoms with van der Waals surface area (Å²) in [5.74, 6) is -0.00600. The van der Waals surface area contributed by atoms with E-state index in [4.69, 9.17) is 9.47 Å². The lowest BCUT2D eigenvalue weighted by atomic mass is 10.2. The number of methoxy groups -OCH3 is 2. The molecule has 0 aliphatic rings. The number of aliphatic hydroxyl groups excluding tert-OH is 1. The molecule has 1 amide bonds. The first-order valence-corrected chi connectivity index (χ1v) is 5.56. The maximum absolute atomic E-state index is 11.3. The van der Waals surface area contributed by atoms with Crippen molar-refractivity contribution in [1.29, 1.82) is 0 Å². The van der Waals surface area contributed by atoms with E-state index in [1.807, 2.05) is 6.92 Å². The van der Waals surface area contributed by atoms with Gasteiger partial charge >= 0.3 is 0 Å². The van der Waals surface area contributed by atoms with Crippen LogP contribution >= 0.6 is 0 Å². The first-order chi connectivity index (χ1) is 7.60. The summed E-state index contributed by atoms with van der Waals surface area (Å²) < 4.78 is 9.81. The summed E-state index contributed by atoms with van der Waals surface area (Å²) in [6, 6.07) is 0. The van der Waals surface area contributed by atoms with E-state index in [1.165, 1.54) is 7.11 Å². The Morgan fingerprint density at radius 1 is 1.38 bits per heavy atom. The van der Waals surface area contributed by atoms with Gasteiger partial charge in [-0.05, 0) is 19.8 Å². The summed E-state index contributed by atoms with van der Waals surface area (Å²) >= 11 is 0. The van der Waals surface area contributed by atoms with E-state index >= 15 is 0 Å². The summed E-state index contributed by atoms with van der Waals surface area (Å²) in [6.45, 7) is 2.71. The highest BCUT2D eigenvalue weighted by Crippen LogP contribution is 1.99. The monoisotopic (exact) mass is 233 g/mol. The number of aliphatic hydroxyl groups is 1. The topological polar surface area (TPSA) is 67.8 Å². The second-order valence-corrected chi connectivity index (χ2v) is 3.83. The largest absolute Gasteiger partial charge is 0.391 e. The maximum Gasteiger partial charge on any atom is 0.220 e. The van der Waals surface area contributed by atoms with Crippen LogP contribution in [0.3, 0.4) is 0 Å². The van der Waals surface area contributed by atoms with Gasteiger partial charge < -0.3 is 19.9 Å². The van der Waals surface area contributed by atoms with Crippen LogP contribution < -0.4 is 5.32 Å². The van der Waals surface area contributed by atoms with Crippen LogP contribution in [0.5, 0.6) is 0 Å². The molecule has 0 spiro atoms. The Morgan fingerprint density at radius 3 is 2.62 bits per heavy atom. The number of carbonyl (C=O) groups is 1. The standard InChI is InChI=1S/C11H23NO4/c1-9(16-3)4-5-11(14)12-7-6-10(13)8-15-2/h9-10,13H,4-8H2,1-3H3,(H,12,14). The second-order valence-electron chi connectivity index (χ2n) is 3.83. The van der Waals surface area contributed by atoms with Crippen LogP contribution in [-0.4, -0.2) is 50.6 Å². The molecular formula is C11H23NO4. The molecule has 0 fully saturated rings. The van der Waals surface area contributed by atoms with E-state index < -0.39 is 6.10 Å². The summed E-state index contributed by atoms with van der Waals surface area (Å²) in [5.41, 5.74) is 0. The predicted molar refractivity (Wildman–Crippen MR) is 61.2 cm³/mol. The zero-order valence-corrected chi connectivity index (χ0v) is 10.4. The molecule has 0 saturated heterocycles. The minimum atomic E-state index is -0.511. The Labute approximate surface area is 97.1 Å². The van der Waals surface area contributed by atoms with Crippen LogP contribution in [0.4, 0.5) is 0 Å². The van der Waals surface area contributed by atoms with Crippen molar-refractivity contribution in [3.05, 3.63) is 0 Å². The Balaban J connectivity index is 3.43. The van der Waals surface area contributed by atoms with E-state index in [9.17, 15) is 9.90 Å². The van der Waals surface area contributed by atoms with Crippen LogP contribution in [0.2, 0.25) is 0 Å². The van der Waals surface area contributed by atoms with Crippen LogP contribution in [0.1, 0.15) is 26.2 Å². The van der Waals surface area contributed by atoms with Gasteiger partial charge in [-0.2, -0.15) is 0 Å². The van der Waals surface area contributed by atoms with Gasteiger partial charge in [0.05, 0.1) is 18.8 Å². The number of hydrogen-bond acceptors (Lipinski definition) is 4. The van der Waals surface area contributed by atoms with E-state index in [0.29, 0.717) is 32.4 Å². The highest BCUT2D eigenvalue weighted by molar-refractivity contribution is 5.75. The lowest BCUT2D eigenvalue weighted by Gasteiger charge is -2.11. The molecule has 2 atom stereocenters. The fourth-order valence-corrected chi connectivity index (χ4v) is 1.19. The Bertz CT molecular complexity index is 187. The molecule has 16 heavy (non-hydrogen) atoms. The molecule has 5 heteroatoms. The van der Waals surface area contributed by atoms with Crippen LogP contribution in [0.15, 0.2) is 0 Å². The molecule has 0 heterocycles. The zero-order valence-electron chi connectivity index (χ0n) is 10.4. The van der Waals surface area contributed by atoms with Gasteiger partial charge in [0.2, 0.25) is 5.91 Å². The van der Waals surface area contributed by atoms with Gasteiger partial charge in [-0.15, -0.1) is 0 Å². The van der Waals surface area contributed by atoms with Crippen molar-refractivity contribution >= 4 is 5.91 Å². The van der Waals surface area contributed by atoms with Crippen LogP contribution in [-0.2, 0) is 14.3 Å². The van der Waals surface area contributed by atoms with Gasteiger partial charge in [0, 0.05) is 27.2 Å². The van der Waals surface area contributed by atoms with Gasteiger partial charge in [0.1, 0.15) is 0 Å². The highest BCUT2D eigenvalue weighted by Gasteiger charge is 2.07. The molecule has 5 nitrogen and oxygen atoms in total. The summed E-state index contributed by atoms with van der Waals surface area (Å²) in [5, 5.41) is 12.1. The minimum Gasteiger partial charge on any atom is -0.391 e. The van der Waals surface area contributed by atoms with Crippen molar-refractivity contribution in [2.45, 2.75) is 38.4 Å². The summed E-state index contributed by atoms with van der Waals surface area (Å²) in [6.07, 6.45) is 1.27. The van der Waals surface area contributed by atoms with Crippen LogP contribution in [0.25, 0.3) is 0 Å². The molecular weight excluding hydrogens is 210 g/mol. The van der Waals surface area contributed by atoms with Crippen molar-refractivity contribution in [3.63, 3.8) is 0 Å². The van der Waals surface area contributed by atoms with E-state index in [1.54, 1.807) is 7.11 Å². The Kier molecular flexibility index (Phi) is 9.18. The average Bonchev–Trinajstić information content (AvgIpc) is 2.26. The van der Waals surface area contributed by atoms with Crippen LogP contribution in [0, 0.1) is 0 Å². The fourth-order valence-electron chi connectivity index (χ4n) is 1.19. The Morgan fingerprint density at radius 2 is 2.06 bits per heavy atom. The zero-order chi connectivity index (χ0) is 12.4. The molecule has 0 aromatic heterocycles. The van der Waals surface area contributed by atoms with Gasteiger partial charge in [0.15, 0.2) is 0 Å². The normalized spacial score (nSPS) is 14.5. The predicted octanol–water partition coefficient (Wildman–Crippen LogP) is 0.315. The minimum absolute atomic E-state index is 0.00600. The molecule has 0 aromatic carbocycles. The Hall–Kier alpha value is -0.650. The molecule has 0 aromatic rings. The first-order valence-electron chi connectivity index (χ1n) is 5.56. The molecule has 96 valence electrons. The van der Waals surface area contributed by atoms with Crippen molar-refractivity contribution in [1.82, 2.24) is 5.32 Å². The molecule has 2 unspecified atom stereocenters. The quantitative estimate of drug-likeness (QED) is 0.601. The number of rotatable bonds is 9. The van der Waals surface area contributed by atoms with Gasteiger partial charge in [-0.25, -0.2) is 0 Å². The lowest BCUT2D eigenvalue weighted by Crippen LogP contribution is -2.28. The SMILES string of the molecule is COCC(O)CCNC(=O)CCC(C)OC. The number of hydrogen-bond donors (Lipinski definition) is 2. The molecule has 0 aliphatic heterocycles.